The summed E-state index contributed by atoms with van der Waals surface area (Å²) in [5.41, 5.74) is 7.28. The summed E-state index contributed by atoms with van der Waals surface area (Å²) in [5, 5.41) is 1.07. The minimum absolute atomic E-state index is 0.178. The van der Waals surface area contributed by atoms with Gasteiger partial charge in [-0.05, 0) is 18.2 Å². The number of nitrogens with zero attached hydrogens (tertiary/aromatic N) is 2. The first-order valence-electron chi connectivity index (χ1n) is 5.50. The van der Waals surface area contributed by atoms with E-state index >= 15 is 0 Å². The monoisotopic (exact) mass is 284 g/mol. The lowest BCUT2D eigenvalue weighted by atomic mass is 10.1. The van der Waals surface area contributed by atoms with Gasteiger partial charge in [0.1, 0.15) is 11.5 Å². The number of hydrogen-bond acceptors (Lipinski definition) is 3. The van der Waals surface area contributed by atoms with Crippen molar-refractivity contribution in [3.05, 3.63) is 34.1 Å². The molecule has 0 amide bonds. The van der Waals surface area contributed by atoms with Gasteiger partial charge in [0, 0.05) is 16.5 Å². The van der Waals surface area contributed by atoms with Gasteiger partial charge in [0.15, 0.2) is 5.82 Å². The molecule has 0 spiro atoms. The minimum atomic E-state index is 0.178. The fraction of sp³-hybridized carbons (Fsp3) is 0.250. The highest BCUT2D eigenvalue weighted by Gasteiger charge is 2.18. The Morgan fingerprint density at radius 3 is 2.44 bits per heavy atom. The zero-order chi connectivity index (χ0) is 13.4. The number of nitrogens with two attached hydrogens (primary N) is 2. The second kappa shape index (κ2) is 4.71. The first kappa shape index (κ1) is 13.1. The summed E-state index contributed by atoms with van der Waals surface area (Å²) < 4.78 is 1.39. The molecule has 0 bridgehead atoms. The van der Waals surface area contributed by atoms with Gasteiger partial charge in [0.2, 0.25) is 0 Å². The number of nitrogen functional groups attached to an aromatic ring is 2. The third-order valence-electron chi connectivity index (χ3n) is 2.68. The minimum Gasteiger partial charge on any atom is -0.382 e. The lowest BCUT2D eigenvalue weighted by molar-refractivity contribution is 0.739. The van der Waals surface area contributed by atoms with Crippen LogP contribution in [0.1, 0.15) is 25.6 Å². The molecule has 4 N–H and O–H groups in total. The van der Waals surface area contributed by atoms with Crippen LogP contribution in [-0.4, -0.2) is 9.66 Å². The molecule has 0 aliphatic carbocycles. The lowest BCUT2D eigenvalue weighted by Gasteiger charge is -2.04. The van der Waals surface area contributed by atoms with Crippen LogP contribution in [-0.2, 0) is 0 Å². The Kier molecular flexibility index (Phi) is 3.41. The summed E-state index contributed by atoms with van der Waals surface area (Å²) in [6.07, 6.45) is 0. The summed E-state index contributed by atoms with van der Waals surface area (Å²) in [4.78, 5) is 4.46. The maximum atomic E-state index is 6.15. The average Bonchev–Trinajstić information content (AvgIpc) is 2.57. The fourth-order valence-electron chi connectivity index (χ4n) is 1.75. The van der Waals surface area contributed by atoms with E-state index in [1.807, 2.05) is 13.8 Å². The Morgan fingerprint density at radius 1 is 1.28 bits per heavy atom. The van der Waals surface area contributed by atoms with Gasteiger partial charge in [-0.1, -0.05) is 37.0 Å². The van der Waals surface area contributed by atoms with E-state index in [0.29, 0.717) is 27.4 Å². The fourth-order valence-corrected chi connectivity index (χ4v) is 2.25. The number of halogens is 2. The summed E-state index contributed by atoms with van der Waals surface area (Å²) in [7, 11) is 0. The zero-order valence-electron chi connectivity index (χ0n) is 10.1. The van der Waals surface area contributed by atoms with E-state index in [4.69, 9.17) is 34.8 Å². The largest absolute Gasteiger partial charge is 0.382 e. The molecule has 2 aromatic rings. The van der Waals surface area contributed by atoms with E-state index in [9.17, 15) is 0 Å². The Labute approximate surface area is 115 Å². The van der Waals surface area contributed by atoms with Crippen molar-refractivity contribution in [3.8, 4) is 11.3 Å². The number of imidazole rings is 1. The van der Waals surface area contributed by atoms with Gasteiger partial charge in [-0.3, -0.25) is 0 Å². The molecule has 2 rings (SSSR count). The van der Waals surface area contributed by atoms with Crippen molar-refractivity contribution in [3.63, 3.8) is 0 Å². The van der Waals surface area contributed by atoms with Crippen molar-refractivity contribution in [1.29, 1.82) is 0 Å². The molecule has 0 aliphatic heterocycles. The van der Waals surface area contributed by atoms with Gasteiger partial charge in [0.25, 0.3) is 0 Å². The molecule has 0 saturated heterocycles. The predicted octanol–water partition coefficient (Wildman–Crippen LogP) is 3.28. The Balaban J connectivity index is 2.61. The van der Waals surface area contributed by atoms with Crippen molar-refractivity contribution < 1.29 is 0 Å². The molecule has 0 saturated carbocycles. The van der Waals surface area contributed by atoms with Crippen LogP contribution >= 0.6 is 23.2 Å². The van der Waals surface area contributed by atoms with Crippen molar-refractivity contribution in [2.24, 2.45) is 0 Å². The number of aromatic nitrogens is 2. The average molecular weight is 285 g/mol. The lowest BCUT2D eigenvalue weighted by Crippen LogP contribution is -2.16. The van der Waals surface area contributed by atoms with Gasteiger partial charge in [-0.15, -0.1) is 0 Å². The molecule has 96 valence electrons. The SMILES string of the molecule is CC(C)c1nc(-c2ccc(Cl)cc2Cl)c(N)n1N. The normalized spacial score (nSPS) is 11.2. The molecule has 4 nitrogen and oxygen atoms in total. The third kappa shape index (κ3) is 2.13. The van der Waals surface area contributed by atoms with Crippen molar-refractivity contribution in [2.75, 3.05) is 11.6 Å². The van der Waals surface area contributed by atoms with Gasteiger partial charge >= 0.3 is 0 Å². The Hall–Kier alpha value is -1.39. The molecule has 0 aliphatic rings. The molecule has 1 aromatic carbocycles. The van der Waals surface area contributed by atoms with Crippen molar-refractivity contribution in [1.82, 2.24) is 9.66 Å². The highest BCUT2D eigenvalue weighted by Crippen LogP contribution is 2.34. The van der Waals surface area contributed by atoms with Gasteiger partial charge in [-0.2, -0.15) is 0 Å². The van der Waals surface area contributed by atoms with Gasteiger partial charge < -0.3 is 11.6 Å². The molecule has 0 fully saturated rings. The van der Waals surface area contributed by atoms with E-state index in [1.165, 1.54) is 4.68 Å². The predicted molar refractivity (Wildman–Crippen MR) is 76.3 cm³/mol. The van der Waals surface area contributed by atoms with Crippen LogP contribution in [0.4, 0.5) is 5.82 Å². The molecule has 0 atom stereocenters. The first-order valence-corrected chi connectivity index (χ1v) is 6.26. The summed E-state index contributed by atoms with van der Waals surface area (Å²) >= 11 is 12.0. The Bertz CT molecular complexity index is 590. The Morgan fingerprint density at radius 2 is 1.94 bits per heavy atom. The van der Waals surface area contributed by atoms with Crippen LogP contribution in [0.5, 0.6) is 0 Å². The molecule has 1 aromatic heterocycles. The van der Waals surface area contributed by atoms with Crippen LogP contribution in [0.25, 0.3) is 11.3 Å². The van der Waals surface area contributed by atoms with Gasteiger partial charge in [-0.25, -0.2) is 9.66 Å². The number of hydrogen-bond donors (Lipinski definition) is 2. The molecule has 18 heavy (non-hydrogen) atoms. The molecule has 1 heterocycles. The van der Waals surface area contributed by atoms with Crippen LogP contribution in [0.15, 0.2) is 18.2 Å². The van der Waals surface area contributed by atoms with Crippen LogP contribution in [0.3, 0.4) is 0 Å². The standard InChI is InChI=1S/C12H14Cl2N4/c1-6(2)12-17-10(11(15)18(12)16)8-4-3-7(13)5-9(8)14/h3-6H,15-16H2,1-2H3. The van der Waals surface area contributed by atoms with E-state index in [-0.39, 0.29) is 5.92 Å². The summed E-state index contributed by atoms with van der Waals surface area (Å²) in [5.74, 6) is 7.17. The second-order valence-electron chi connectivity index (χ2n) is 4.35. The van der Waals surface area contributed by atoms with Crippen LogP contribution < -0.4 is 11.6 Å². The molecular formula is C12H14Cl2N4. The van der Waals surface area contributed by atoms with E-state index in [1.54, 1.807) is 18.2 Å². The van der Waals surface area contributed by atoms with Crippen molar-refractivity contribution in [2.45, 2.75) is 19.8 Å². The maximum Gasteiger partial charge on any atom is 0.150 e. The number of anilines is 1. The van der Waals surface area contributed by atoms with Crippen molar-refractivity contribution >= 4 is 29.0 Å². The van der Waals surface area contributed by atoms with Gasteiger partial charge in [0.05, 0.1) is 5.02 Å². The molecule has 0 unspecified atom stereocenters. The first-order chi connectivity index (χ1) is 8.41. The van der Waals surface area contributed by atoms with Crippen LogP contribution in [0.2, 0.25) is 10.0 Å². The number of benzene rings is 1. The molecular weight excluding hydrogens is 271 g/mol. The maximum absolute atomic E-state index is 6.15. The molecule has 0 radical (unpaired) electrons. The van der Waals surface area contributed by atoms with E-state index in [0.717, 1.165) is 5.56 Å². The highest BCUT2D eigenvalue weighted by atomic mass is 35.5. The van der Waals surface area contributed by atoms with E-state index < -0.39 is 0 Å². The quantitative estimate of drug-likeness (QED) is 0.832. The molecule has 6 heteroatoms. The number of rotatable bonds is 2. The smallest absolute Gasteiger partial charge is 0.150 e. The summed E-state index contributed by atoms with van der Waals surface area (Å²) in [6.45, 7) is 4.00. The highest BCUT2D eigenvalue weighted by molar-refractivity contribution is 6.36. The second-order valence-corrected chi connectivity index (χ2v) is 5.20. The third-order valence-corrected chi connectivity index (χ3v) is 3.23. The van der Waals surface area contributed by atoms with E-state index in [2.05, 4.69) is 4.98 Å². The summed E-state index contributed by atoms with van der Waals surface area (Å²) in [6, 6.07) is 5.18. The zero-order valence-corrected chi connectivity index (χ0v) is 11.6. The topological polar surface area (TPSA) is 69.9 Å². The van der Waals surface area contributed by atoms with Crippen LogP contribution in [0, 0.1) is 0 Å².